The van der Waals surface area contributed by atoms with Crippen LogP contribution in [-0.4, -0.2) is 33.5 Å². The molecule has 2 N–H and O–H groups in total. The summed E-state index contributed by atoms with van der Waals surface area (Å²) >= 11 is 0. The van der Waals surface area contributed by atoms with Gasteiger partial charge < -0.3 is 15.0 Å². The van der Waals surface area contributed by atoms with Gasteiger partial charge in [0.2, 0.25) is 11.3 Å². The fourth-order valence-electron chi connectivity index (χ4n) is 5.24. The highest BCUT2D eigenvalue weighted by Gasteiger charge is 2.20. The maximum absolute atomic E-state index is 14.7. The molecule has 0 aliphatic carbocycles. The largest absolute Gasteiger partial charge is 0.477 e. The van der Waals surface area contributed by atoms with E-state index in [-0.39, 0.29) is 23.4 Å². The molecule has 0 saturated heterocycles. The van der Waals surface area contributed by atoms with E-state index in [0.29, 0.717) is 30.7 Å². The van der Waals surface area contributed by atoms with Crippen molar-refractivity contribution < 1.29 is 23.5 Å². The second-order valence-electron chi connectivity index (χ2n) is 10.7. The Balaban J connectivity index is 1.69. The van der Waals surface area contributed by atoms with Gasteiger partial charge >= 0.3 is 5.97 Å². The lowest BCUT2D eigenvalue weighted by Gasteiger charge is -2.21. The molecule has 0 atom stereocenters. The molecule has 0 saturated carbocycles. The van der Waals surface area contributed by atoms with Gasteiger partial charge in [-0.2, -0.15) is 0 Å². The van der Waals surface area contributed by atoms with Crippen molar-refractivity contribution in [3.8, 4) is 11.1 Å². The Morgan fingerprint density at radius 1 is 0.909 bits per heavy atom. The second-order valence-corrected chi connectivity index (χ2v) is 10.7. The van der Waals surface area contributed by atoms with Crippen molar-refractivity contribution in [1.82, 2.24) is 9.47 Å². The molecule has 0 aliphatic heterocycles. The van der Waals surface area contributed by atoms with Crippen LogP contribution in [-0.2, 0) is 24.4 Å². The molecule has 0 unspecified atom stereocenters. The number of carboxylic acid groups (broad SMARTS) is 1. The summed E-state index contributed by atoms with van der Waals surface area (Å²) in [6, 6.07) is 24.1. The summed E-state index contributed by atoms with van der Waals surface area (Å²) in [6.45, 7) is 2.46. The Hall–Kier alpha value is -5.15. The maximum atomic E-state index is 14.7. The molecule has 1 amide bonds. The zero-order chi connectivity index (χ0) is 31.4. The highest BCUT2D eigenvalue weighted by Crippen LogP contribution is 2.31. The van der Waals surface area contributed by atoms with Gasteiger partial charge in [0.15, 0.2) is 0 Å². The van der Waals surface area contributed by atoms with E-state index in [1.807, 2.05) is 49.5 Å². The molecular formula is C35H31F2N3O4. The average molecular weight is 596 g/mol. The smallest absolute Gasteiger partial charge is 0.341 e. The van der Waals surface area contributed by atoms with Crippen molar-refractivity contribution in [2.75, 3.05) is 12.4 Å². The lowest BCUT2D eigenvalue weighted by Crippen LogP contribution is -2.21. The van der Waals surface area contributed by atoms with Crippen LogP contribution in [0.3, 0.4) is 0 Å². The van der Waals surface area contributed by atoms with Crippen LogP contribution in [0, 0.1) is 11.6 Å². The van der Waals surface area contributed by atoms with Crippen LogP contribution in [0.5, 0.6) is 0 Å². The number of halogens is 2. The molecule has 1 aromatic heterocycles. The molecule has 0 radical (unpaired) electrons. The van der Waals surface area contributed by atoms with E-state index in [1.54, 1.807) is 31.2 Å². The molecule has 7 nitrogen and oxygen atoms in total. The third-order valence-electron chi connectivity index (χ3n) is 7.46. The topological polar surface area (TPSA) is 91.6 Å². The molecule has 4 aromatic carbocycles. The molecule has 224 valence electrons. The third-order valence-corrected chi connectivity index (χ3v) is 7.46. The van der Waals surface area contributed by atoms with E-state index in [4.69, 9.17) is 0 Å². The van der Waals surface area contributed by atoms with Crippen LogP contribution in [0.2, 0.25) is 0 Å². The number of aromatic carboxylic acids is 1. The Kier molecular flexibility index (Phi) is 8.96. The summed E-state index contributed by atoms with van der Waals surface area (Å²) in [5.74, 6) is -3.11. The number of carbonyl (C=O) groups excluding carboxylic acids is 1. The van der Waals surface area contributed by atoms with Crippen molar-refractivity contribution in [2.24, 2.45) is 0 Å². The normalized spacial score (nSPS) is 11.2. The number of rotatable bonds is 10. The highest BCUT2D eigenvalue weighted by molar-refractivity contribution is 5.95. The standard InChI is InChI=1S/C35H31F2N3O4/c1-3-33(41)38-25-14-12-23(13-15-25)26-17-32-27(16-24(26)19-39(2)18-22-8-5-4-6-9-22)34(42)29(35(43)44)21-40(32)20-28-30(36)10-7-11-31(28)37/h4-17,21H,3,18-20H2,1-2H3,(H,38,41)(H,43,44). The summed E-state index contributed by atoms with van der Waals surface area (Å²) < 4.78 is 30.8. The summed E-state index contributed by atoms with van der Waals surface area (Å²) in [7, 11) is 1.94. The fourth-order valence-corrected chi connectivity index (χ4v) is 5.24. The van der Waals surface area contributed by atoms with Crippen molar-refractivity contribution >= 4 is 28.5 Å². The first-order chi connectivity index (χ1) is 21.1. The fraction of sp³-hybridized carbons (Fsp3) is 0.171. The molecule has 5 aromatic rings. The number of fused-ring (bicyclic) bond motifs is 1. The monoisotopic (exact) mass is 595 g/mol. The number of amides is 1. The van der Waals surface area contributed by atoms with Gasteiger partial charge in [-0.3, -0.25) is 14.5 Å². The highest BCUT2D eigenvalue weighted by atomic mass is 19.1. The minimum Gasteiger partial charge on any atom is -0.477 e. The predicted octanol–water partition coefficient (Wildman–Crippen LogP) is 6.67. The van der Waals surface area contributed by atoms with Crippen molar-refractivity contribution in [3.63, 3.8) is 0 Å². The van der Waals surface area contributed by atoms with Gasteiger partial charge in [-0.1, -0.05) is 55.5 Å². The lowest BCUT2D eigenvalue weighted by atomic mass is 9.95. The van der Waals surface area contributed by atoms with E-state index in [9.17, 15) is 28.3 Å². The summed E-state index contributed by atoms with van der Waals surface area (Å²) in [6.07, 6.45) is 1.47. The van der Waals surface area contributed by atoms with Crippen LogP contribution < -0.4 is 10.7 Å². The van der Waals surface area contributed by atoms with Crippen molar-refractivity contribution in [1.29, 1.82) is 0 Å². The first-order valence-electron chi connectivity index (χ1n) is 14.1. The van der Waals surface area contributed by atoms with Crippen LogP contribution in [0.15, 0.2) is 95.9 Å². The third kappa shape index (κ3) is 6.58. The van der Waals surface area contributed by atoms with Crippen LogP contribution in [0.25, 0.3) is 22.0 Å². The van der Waals surface area contributed by atoms with Gasteiger partial charge in [0.1, 0.15) is 17.2 Å². The molecule has 5 rings (SSSR count). The number of nitrogens with zero attached hydrogens (tertiary/aromatic N) is 2. The lowest BCUT2D eigenvalue weighted by molar-refractivity contribution is -0.115. The molecule has 9 heteroatoms. The summed E-state index contributed by atoms with van der Waals surface area (Å²) in [5, 5.41) is 12.8. The van der Waals surface area contributed by atoms with E-state index in [2.05, 4.69) is 10.2 Å². The number of anilines is 1. The Morgan fingerprint density at radius 2 is 1.59 bits per heavy atom. The van der Waals surface area contributed by atoms with E-state index < -0.39 is 28.6 Å². The van der Waals surface area contributed by atoms with Gasteiger partial charge in [-0.15, -0.1) is 0 Å². The van der Waals surface area contributed by atoms with Crippen molar-refractivity contribution in [2.45, 2.75) is 33.0 Å². The predicted molar refractivity (Wildman–Crippen MR) is 167 cm³/mol. The zero-order valence-corrected chi connectivity index (χ0v) is 24.3. The Bertz CT molecular complexity index is 1880. The zero-order valence-electron chi connectivity index (χ0n) is 24.3. The number of carbonyl (C=O) groups is 2. The number of hydrogen-bond donors (Lipinski definition) is 2. The van der Waals surface area contributed by atoms with E-state index in [0.717, 1.165) is 40.6 Å². The quantitative estimate of drug-likeness (QED) is 0.188. The van der Waals surface area contributed by atoms with Crippen molar-refractivity contribution in [3.05, 3.63) is 135 Å². The second kappa shape index (κ2) is 13.0. The molecule has 1 heterocycles. The number of carboxylic acids is 1. The Labute approximate surface area is 253 Å². The number of nitrogens with one attached hydrogen (secondary N) is 1. The van der Waals surface area contributed by atoms with Crippen LogP contribution in [0.4, 0.5) is 14.5 Å². The molecule has 0 fully saturated rings. The van der Waals surface area contributed by atoms with E-state index in [1.165, 1.54) is 10.6 Å². The number of hydrogen-bond acceptors (Lipinski definition) is 4. The first kappa shape index (κ1) is 30.3. The number of benzene rings is 4. The summed E-state index contributed by atoms with van der Waals surface area (Å²) in [5.41, 5.74) is 2.89. The van der Waals surface area contributed by atoms with E-state index >= 15 is 0 Å². The van der Waals surface area contributed by atoms with Gasteiger partial charge in [0.25, 0.3) is 0 Å². The SMILES string of the molecule is CCC(=O)Nc1ccc(-c2cc3c(cc2CN(C)Cc2ccccc2)c(=O)c(C(=O)O)cn3Cc2c(F)cccc2F)cc1. The molecule has 0 spiro atoms. The van der Waals surface area contributed by atoms with Crippen LogP contribution >= 0.6 is 0 Å². The van der Waals surface area contributed by atoms with Crippen LogP contribution in [0.1, 0.15) is 40.4 Å². The molecule has 0 aliphatic rings. The average Bonchev–Trinajstić information content (AvgIpc) is 3.00. The maximum Gasteiger partial charge on any atom is 0.341 e. The van der Waals surface area contributed by atoms with Gasteiger partial charge in [-0.25, -0.2) is 13.6 Å². The number of pyridine rings is 1. The summed E-state index contributed by atoms with van der Waals surface area (Å²) in [4.78, 5) is 39.5. The van der Waals surface area contributed by atoms with Gasteiger partial charge in [0, 0.05) is 42.3 Å². The molecule has 0 bridgehead atoms. The molecule has 44 heavy (non-hydrogen) atoms. The minimum atomic E-state index is -1.43. The number of aromatic nitrogens is 1. The minimum absolute atomic E-state index is 0.120. The molecular weight excluding hydrogens is 564 g/mol. The van der Waals surface area contributed by atoms with Gasteiger partial charge in [0.05, 0.1) is 12.1 Å². The first-order valence-corrected chi connectivity index (χ1v) is 14.1. The van der Waals surface area contributed by atoms with Gasteiger partial charge in [-0.05, 0) is 65.7 Å². The Morgan fingerprint density at radius 3 is 2.23 bits per heavy atom.